The molecule has 1 nitrogen and oxygen atoms in total. The molecule has 1 aliphatic rings. The van der Waals surface area contributed by atoms with Crippen LogP contribution in [0, 0.1) is 17.1 Å². The van der Waals surface area contributed by atoms with E-state index in [1.807, 2.05) is 18.2 Å². The summed E-state index contributed by atoms with van der Waals surface area (Å²) in [7, 11) is 0. The molecule has 0 heterocycles. The van der Waals surface area contributed by atoms with E-state index < -0.39 is 0 Å². The van der Waals surface area contributed by atoms with Crippen LogP contribution in [0.4, 0.5) is 4.39 Å². The van der Waals surface area contributed by atoms with Crippen molar-refractivity contribution in [2.24, 2.45) is 0 Å². The van der Waals surface area contributed by atoms with Crippen molar-refractivity contribution in [3.63, 3.8) is 0 Å². The van der Waals surface area contributed by atoms with Crippen LogP contribution in [0.3, 0.4) is 0 Å². The van der Waals surface area contributed by atoms with Gasteiger partial charge in [0.25, 0.3) is 0 Å². The van der Waals surface area contributed by atoms with E-state index in [0.29, 0.717) is 0 Å². The van der Waals surface area contributed by atoms with Crippen molar-refractivity contribution in [3.05, 3.63) is 70.5 Å². The second-order valence-corrected chi connectivity index (χ2v) is 4.60. The van der Waals surface area contributed by atoms with Crippen molar-refractivity contribution in [1.29, 1.82) is 5.26 Å². The number of hydrogen-bond donors (Lipinski definition) is 0. The van der Waals surface area contributed by atoms with Crippen molar-refractivity contribution < 1.29 is 4.39 Å². The highest BCUT2D eigenvalue weighted by Gasteiger charge is 2.23. The lowest BCUT2D eigenvalue weighted by Gasteiger charge is -2.12. The SMILES string of the molecule is N#CC1c2ccccc2CCc2cc(F)ccc21. The summed E-state index contributed by atoms with van der Waals surface area (Å²) >= 11 is 0. The van der Waals surface area contributed by atoms with Crippen LogP contribution in [0.5, 0.6) is 0 Å². The molecule has 1 aliphatic carbocycles. The lowest BCUT2D eigenvalue weighted by Crippen LogP contribution is -2.01. The number of benzene rings is 2. The monoisotopic (exact) mass is 237 g/mol. The fourth-order valence-corrected chi connectivity index (χ4v) is 2.69. The van der Waals surface area contributed by atoms with Crippen LogP contribution in [0.2, 0.25) is 0 Å². The second-order valence-electron chi connectivity index (χ2n) is 4.60. The van der Waals surface area contributed by atoms with Crippen molar-refractivity contribution >= 4 is 0 Å². The van der Waals surface area contributed by atoms with Crippen molar-refractivity contribution in [2.45, 2.75) is 18.8 Å². The van der Waals surface area contributed by atoms with Crippen molar-refractivity contribution in [3.8, 4) is 6.07 Å². The zero-order chi connectivity index (χ0) is 12.5. The van der Waals surface area contributed by atoms with Crippen LogP contribution in [-0.4, -0.2) is 0 Å². The zero-order valence-electron chi connectivity index (χ0n) is 9.86. The highest BCUT2D eigenvalue weighted by molar-refractivity contribution is 5.48. The molecular formula is C16H12FN. The standard InChI is InChI=1S/C16H12FN/c17-13-7-8-15-12(9-13)6-5-11-3-1-2-4-14(11)16(15)10-18/h1-4,7-9,16H,5-6H2. The van der Waals surface area contributed by atoms with Gasteiger partial charge in [-0.15, -0.1) is 0 Å². The summed E-state index contributed by atoms with van der Waals surface area (Å²) in [5, 5.41) is 9.44. The molecule has 0 aliphatic heterocycles. The van der Waals surface area contributed by atoms with Crippen LogP contribution >= 0.6 is 0 Å². The predicted octanol–water partition coefficient (Wildman–Crippen LogP) is 3.58. The van der Waals surface area contributed by atoms with E-state index in [1.165, 1.54) is 11.6 Å². The molecular weight excluding hydrogens is 225 g/mol. The highest BCUT2D eigenvalue weighted by Crippen LogP contribution is 2.33. The maximum atomic E-state index is 13.3. The first-order valence-electron chi connectivity index (χ1n) is 6.05. The Labute approximate surface area is 106 Å². The average Bonchev–Trinajstić information content (AvgIpc) is 2.55. The fourth-order valence-electron chi connectivity index (χ4n) is 2.69. The molecule has 0 spiro atoms. The molecule has 1 atom stereocenters. The van der Waals surface area contributed by atoms with Crippen LogP contribution in [0.25, 0.3) is 0 Å². The summed E-state index contributed by atoms with van der Waals surface area (Å²) in [6.07, 6.45) is 1.66. The maximum absolute atomic E-state index is 13.3. The Morgan fingerprint density at radius 1 is 1.00 bits per heavy atom. The van der Waals surface area contributed by atoms with Gasteiger partial charge in [-0.05, 0) is 47.2 Å². The Hall–Kier alpha value is -2.14. The number of hydrogen-bond acceptors (Lipinski definition) is 1. The lowest BCUT2D eigenvalue weighted by atomic mass is 9.89. The van der Waals surface area contributed by atoms with Gasteiger partial charge in [-0.1, -0.05) is 30.3 Å². The molecule has 0 N–H and O–H groups in total. The van der Waals surface area contributed by atoms with Crippen LogP contribution < -0.4 is 0 Å². The molecule has 0 aromatic heterocycles. The minimum atomic E-state index is -0.278. The molecule has 1 unspecified atom stereocenters. The average molecular weight is 237 g/mol. The number of aryl methyl sites for hydroxylation is 2. The summed E-state index contributed by atoms with van der Waals surface area (Å²) in [6, 6.07) is 15.1. The quantitative estimate of drug-likeness (QED) is 0.687. The van der Waals surface area contributed by atoms with Crippen molar-refractivity contribution in [1.82, 2.24) is 0 Å². The first-order valence-corrected chi connectivity index (χ1v) is 6.05. The van der Waals surface area contributed by atoms with Crippen LogP contribution in [-0.2, 0) is 12.8 Å². The summed E-state index contributed by atoms with van der Waals surface area (Å²) in [5.41, 5.74) is 4.16. The number of nitriles is 1. The van der Waals surface area contributed by atoms with E-state index in [0.717, 1.165) is 29.5 Å². The Morgan fingerprint density at radius 2 is 1.72 bits per heavy atom. The number of halogens is 1. The molecule has 0 radical (unpaired) electrons. The third-order valence-corrected chi connectivity index (χ3v) is 3.57. The van der Waals surface area contributed by atoms with E-state index >= 15 is 0 Å². The Bertz CT molecular complexity index is 640. The molecule has 0 amide bonds. The van der Waals surface area contributed by atoms with E-state index in [9.17, 15) is 9.65 Å². The summed E-state index contributed by atoms with van der Waals surface area (Å²) in [5.74, 6) is -0.504. The number of fused-ring (bicyclic) bond motifs is 2. The van der Waals surface area contributed by atoms with Gasteiger partial charge >= 0.3 is 0 Å². The van der Waals surface area contributed by atoms with Gasteiger partial charge in [0.1, 0.15) is 5.82 Å². The van der Waals surface area contributed by atoms with E-state index in [-0.39, 0.29) is 11.7 Å². The predicted molar refractivity (Wildman–Crippen MR) is 67.7 cm³/mol. The zero-order valence-corrected chi connectivity index (χ0v) is 9.86. The molecule has 0 saturated heterocycles. The van der Waals surface area contributed by atoms with Gasteiger partial charge in [0, 0.05) is 0 Å². The molecule has 18 heavy (non-hydrogen) atoms. The van der Waals surface area contributed by atoms with Gasteiger partial charge < -0.3 is 0 Å². The van der Waals surface area contributed by atoms with E-state index in [1.54, 1.807) is 12.1 Å². The molecule has 2 heteroatoms. The van der Waals surface area contributed by atoms with Gasteiger partial charge in [-0.3, -0.25) is 0 Å². The minimum absolute atomic E-state index is 0.226. The minimum Gasteiger partial charge on any atom is -0.207 e. The molecule has 2 aromatic rings. The molecule has 3 rings (SSSR count). The molecule has 0 saturated carbocycles. The summed E-state index contributed by atoms with van der Waals surface area (Å²) < 4.78 is 13.3. The lowest BCUT2D eigenvalue weighted by molar-refractivity contribution is 0.624. The third-order valence-electron chi connectivity index (χ3n) is 3.57. The number of rotatable bonds is 0. The van der Waals surface area contributed by atoms with Gasteiger partial charge in [0.05, 0.1) is 12.0 Å². The van der Waals surface area contributed by atoms with E-state index in [4.69, 9.17) is 0 Å². The van der Waals surface area contributed by atoms with Crippen LogP contribution in [0.1, 0.15) is 28.2 Å². The van der Waals surface area contributed by atoms with Gasteiger partial charge in [0.2, 0.25) is 0 Å². The largest absolute Gasteiger partial charge is 0.207 e. The smallest absolute Gasteiger partial charge is 0.123 e. The Kier molecular flexibility index (Phi) is 2.60. The maximum Gasteiger partial charge on any atom is 0.123 e. The van der Waals surface area contributed by atoms with Gasteiger partial charge in [0.15, 0.2) is 0 Å². The first-order chi connectivity index (χ1) is 8.79. The van der Waals surface area contributed by atoms with Gasteiger partial charge in [-0.2, -0.15) is 5.26 Å². The molecule has 2 aromatic carbocycles. The Balaban J connectivity index is 2.22. The molecule has 0 fully saturated rings. The second kappa shape index (κ2) is 4.27. The summed E-state index contributed by atoms with van der Waals surface area (Å²) in [4.78, 5) is 0. The molecule has 88 valence electrons. The number of nitrogens with zero attached hydrogens (tertiary/aromatic N) is 1. The Morgan fingerprint density at radius 3 is 2.56 bits per heavy atom. The topological polar surface area (TPSA) is 23.8 Å². The normalized spacial score (nSPS) is 17.2. The third kappa shape index (κ3) is 1.69. The summed E-state index contributed by atoms with van der Waals surface area (Å²) in [6.45, 7) is 0. The van der Waals surface area contributed by atoms with Crippen molar-refractivity contribution in [2.75, 3.05) is 0 Å². The van der Waals surface area contributed by atoms with E-state index in [2.05, 4.69) is 12.1 Å². The first kappa shape index (κ1) is 11.0. The highest BCUT2D eigenvalue weighted by atomic mass is 19.1. The van der Waals surface area contributed by atoms with Gasteiger partial charge in [-0.25, -0.2) is 4.39 Å². The fraction of sp³-hybridized carbons (Fsp3) is 0.188. The molecule has 0 bridgehead atoms. The van der Waals surface area contributed by atoms with Crippen LogP contribution in [0.15, 0.2) is 42.5 Å².